The second kappa shape index (κ2) is 9.19. The predicted octanol–water partition coefficient (Wildman–Crippen LogP) is 4.39. The van der Waals surface area contributed by atoms with Crippen LogP contribution in [-0.2, 0) is 14.4 Å². The van der Waals surface area contributed by atoms with E-state index in [1.807, 2.05) is 27.7 Å². The molecular weight excluding hydrogens is 308 g/mol. The highest BCUT2D eigenvalue weighted by Gasteiger charge is 2.35. The van der Waals surface area contributed by atoms with E-state index in [-0.39, 0.29) is 29.5 Å². The van der Waals surface area contributed by atoms with Crippen LogP contribution in [0.4, 0.5) is 0 Å². The highest BCUT2D eigenvalue weighted by Crippen LogP contribution is 2.37. The molecule has 24 heavy (non-hydrogen) atoms. The number of carbonyl (C=O) groups is 3. The molecule has 0 saturated heterocycles. The van der Waals surface area contributed by atoms with Crippen molar-refractivity contribution < 1.29 is 24.6 Å². The molecule has 140 valence electrons. The number of carboxylic acids is 2. The SMILES string of the molecule is CC(CCC(=O)O)CC(C)C(=O)CCC(C)(C)CC(C)(C)C(=O)O. The van der Waals surface area contributed by atoms with Crippen LogP contribution in [0, 0.1) is 22.7 Å². The molecular formula is C19H34O5. The van der Waals surface area contributed by atoms with Crippen LogP contribution < -0.4 is 0 Å². The van der Waals surface area contributed by atoms with Gasteiger partial charge in [0.1, 0.15) is 5.78 Å². The number of carbonyl (C=O) groups excluding carboxylic acids is 1. The van der Waals surface area contributed by atoms with Crippen LogP contribution >= 0.6 is 0 Å². The van der Waals surface area contributed by atoms with Crippen LogP contribution in [0.2, 0.25) is 0 Å². The van der Waals surface area contributed by atoms with E-state index in [0.717, 1.165) is 0 Å². The average Bonchev–Trinajstić information content (AvgIpc) is 2.41. The van der Waals surface area contributed by atoms with Gasteiger partial charge in [-0.1, -0.05) is 27.7 Å². The second-order valence-electron chi connectivity index (χ2n) is 8.67. The van der Waals surface area contributed by atoms with Crippen molar-refractivity contribution in [2.75, 3.05) is 0 Å². The molecule has 2 N–H and O–H groups in total. The Bertz CT molecular complexity index is 451. The number of Topliss-reactive ketones (excluding diaryl/α,β-unsaturated/α-hetero) is 1. The van der Waals surface area contributed by atoms with Gasteiger partial charge in [-0.3, -0.25) is 14.4 Å². The van der Waals surface area contributed by atoms with Gasteiger partial charge in [0.15, 0.2) is 0 Å². The smallest absolute Gasteiger partial charge is 0.309 e. The predicted molar refractivity (Wildman–Crippen MR) is 93.9 cm³/mol. The molecule has 0 rings (SSSR count). The van der Waals surface area contributed by atoms with E-state index in [1.54, 1.807) is 13.8 Å². The first kappa shape index (κ1) is 22.6. The summed E-state index contributed by atoms with van der Waals surface area (Å²) in [6, 6.07) is 0. The van der Waals surface area contributed by atoms with Gasteiger partial charge in [-0.05, 0) is 50.9 Å². The first-order valence-corrected chi connectivity index (χ1v) is 8.75. The zero-order valence-electron chi connectivity index (χ0n) is 16.0. The monoisotopic (exact) mass is 342 g/mol. The number of aliphatic carboxylic acids is 2. The summed E-state index contributed by atoms with van der Waals surface area (Å²) in [5.41, 5.74) is -1.02. The van der Waals surface area contributed by atoms with Gasteiger partial charge >= 0.3 is 11.9 Å². The number of ketones is 1. The Hall–Kier alpha value is -1.39. The summed E-state index contributed by atoms with van der Waals surface area (Å²) in [6.07, 6.45) is 3.05. The molecule has 0 aromatic rings. The molecule has 2 atom stereocenters. The first-order chi connectivity index (χ1) is 10.8. The van der Waals surface area contributed by atoms with Crippen LogP contribution in [0.25, 0.3) is 0 Å². The van der Waals surface area contributed by atoms with Gasteiger partial charge in [0.2, 0.25) is 0 Å². The maximum Gasteiger partial charge on any atom is 0.309 e. The van der Waals surface area contributed by atoms with E-state index in [0.29, 0.717) is 32.1 Å². The molecule has 0 saturated carbocycles. The van der Waals surface area contributed by atoms with Crippen molar-refractivity contribution in [3.05, 3.63) is 0 Å². The van der Waals surface area contributed by atoms with Crippen molar-refractivity contribution in [1.82, 2.24) is 0 Å². The van der Waals surface area contributed by atoms with Gasteiger partial charge in [0, 0.05) is 18.8 Å². The fourth-order valence-electron chi connectivity index (χ4n) is 3.29. The van der Waals surface area contributed by atoms with Crippen molar-refractivity contribution >= 4 is 17.7 Å². The van der Waals surface area contributed by atoms with Crippen LogP contribution in [-0.4, -0.2) is 27.9 Å². The van der Waals surface area contributed by atoms with Gasteiger partial charge in [-0.2, -0.15) is 0 Å². The lowest BCUT2D eigenvalue weighted by Crippen LogP contribution is -2.31. The molecule has 0 aliphatic rings. The molecule has 5 heteroatoms. The first-order valence-electron chi connectivity index (χ1n) is 8.75. The minimum absolute atomic E-state index is 0.0860. The third-order valence-corrected chi connectivity index (χ3v) is 4.70. The minimum atomic E-state index is -0.817. The molecule has 0 fully saturated rings. The standard InChI is InChI=1S/C19H34O5/c1-13(7-8-16(21)22)11-14(2)15(20)9-10-18(3,4)12-19(5,6)17(23)24/h13-14H,7-12H2,1-6H3,(H,21,22)(H,23,24). The Morgan fingerprint density at radius 3 is 1.96 bits per heavy atom. The van der Waals surface area contributed by atoms with Crippen molar-refractivity contribution in [2.24, 2.45) is 22.7 Å². The van der Waals surface area contributed by atoms with Gasteiger partial charge < -0.3 is 10.2 Å². The van der Waals surface area contributed by atoms with Crippen LogP contribution in [0.1, 0.15) is 80.1 Å². The quantitative estimate of drug-likeness (QED) is 0.549. The van der Waals surface area contributed by atoms with Crippen LogP contribution in [0.15, 0.2) is 0 Å². The number of hydrogen-bond acceptors (Lipinski definition) is 3. The van der Waals surface area contributed by atoms with E-state index in [4.69, 9.17) is 5.11 Å². The zero-order valence-corrected chi connectivity index (χ0v) is 16.0. The van der Waals surface area contributed by atoms with Crippen LogP contribution in [0.5, 0.6) is 0 Å². The average molecular weight is 342 g/mol. The number of hydrogen-bond donors (Lipinski definition) is 2. The Morgan fingerprint density at radius 1 is 0.958 bits per heavy atom. The maximum atomic E-state index is 12.3. The largest absolute Gasteiger partial charge is 0.481 e. The zero-order chi connectivity index (χ0) is 19.1. The van der Waals surface area contributed by atoms with Gasteiger partial charge in [-0.25, -0.2) is 0 Å². The minimum Gasteiger partial charge on any atom is -0.481 e. The molecule has 0 aromatic carbocycles. The molecule has 5 nitrogen and oxygen atoms in total. The van der Waals surface area contributed by atoms with E-state index >= 15 is 0 Å². The van der Waals surface area contributed by atoms with Crippen molar-refractivity contribution in [1.29, 1.82) is 0 Å². The Morgan fingerprint density at radius 2 is 1.50 bits per heavy atom. The normalized spacial score (nSPS) is 14.9. The molecule has 0 radical (unpaired) electrons. The summed E-state index contributed by atoms with van der Waals surface area (Å²) >= 11 is 0. The lowest BCUT2D eigenvalue weighted by atomic mass is 9.72. The number of carboxylic acid groups (broad SMARTS) is 2. The highest BCUT2D eigenvalue weighted by atomic mass is 16.4. The Balaban J connectivity index is 4.40. The lowest BCUT2D eigenvalue weighted by molar-refractivity contribution is -0.148. The van der Waals surface area contributed by atoms with Crippen molar-refractivity contribution in [3.8, 4) is 0 Å². The van der Waals surface area contributed by atoms with Gasteiger partial charge in [0.25, 0.3) is 0 Å². The third-order valence-electron chi connectivity index (χ3n) is 4.70. The van der Waals surface area contributed by atoms with Gasteiger partial charge in [0.05, 0.1) is 5.41 Å². The molecule has 2 unspecified atom stereocenters. The molecule has 0 aromatic heterocycles. The third kappa shape index (κ3) is 9.04. The molecule has 0 spiro atoms. The fourth-order valence-corrected chi connectivity index (χ4v) is 3.29. The lowest BCUT2D eigenvalue weighted by Gasteiger charge is -2.32. The van der Waals surface area contributed by atoms with Crippen LogP contribution in [0.3, 0.4) is 0 Å². The summed E-state index contributed by atoms with van der Waals surface area (Å²) in [4.78, 5) is 34.2. The van der Waals surface area contributed by atoms with E-state index in [2.05, 4.69) is 0 Å². The maximum absolute atomic E-state index is 12.3. The van der Waals surface area contributed by atoms with Crippen molar-refractivity contribution in [2.45, 2.75) is 80.1 Å². The Kier molecular flexibility index (Phi) is 8.65. The summed E-state index contributed by atoms with van der Waals surface area (Å²) in [5, 5.41) is 18.0. The second-order valence-corrected chi connectivity index (χ2v) is 8.67. The molecule has 0 aliphatic heterocycles. The molecule has 0 heterocycles. The number of rotatable bonds is 12. The van der Waals surface area contributed by atoms with Crippen molar-refractivity contribution in [3.63, 3.8) is 0 Å². The van der Waals surface area contributed by atoms with E-state index < -0.39 is 17.4 Å². The summed E-state index contributed by atoms with van der Waals surface area (Å²) in [5.74, 6) is -1.32. The molecule has 0 aliphatic carbocycles. The summed E-state index contributed by atoms with van der Waals surface area (Å²) < 4.78 is 0. The summed E-state index contributed by atoms with van der Waals surface area (Å²) in [7, 11) is 0. The van der Waals surface area contributed by atoms with E-state index in [9.17, 15) is 19.5 Å². The fraction of sp³-hybridized carbons (Fsp3) is 0.842. The summed E-state index contributed by atoms with van der Waals surface area (Å²) in [6.45, 7) is 11.3. The molecule has 0 amide bonds. The Labute approximate surface area is 145 Å². The van der Waals surface area contributed by atoms with Gasteiger partial charge in [-0.15, -0.1) is 0 Å². The van der Waals surface area contributed by atoms with E-state index in [1.165, 1.54) is 0 Å². The molecule has 0 bridgehead atoms. The topological polar surface area (TPSA) is 91.7 Å². The highest BCUT2D eigenvalue weighted by molar-refractivity contribution is 5.80.